The van der Waals surface area contributed by atoms with Gasteiger partial charge in [0.2, 0.25) is 0 Å². The van der Waals surface area contributed by atoms with Gasteiger partial charge in [0.15, 0.2) is 0 Å². The fraction of sp³-hybridized carbons (Fsp3) is 0.630. The van der Waals surface area contributed by atoms with Crippen molar-refractivity contribution in [2.24, 2.45) is 17.3 Å². The predicted octanol–water partition coefficient (Wildman–Crippen LogP) is 5.62. The zero-order valence-electron chi connectivity index (χ0n) is 19.8. The molecule has 1 aromatic carbocycles. The second-order valence-electron chi connectivity index (χ2n) is 10.2. The highest BCUT2D eigenvalue weighted by Crippen LogP contribution is 2.56. The van der Waals surface area contributed by atoms with Crippen LogP contribution in [0, 0.1) is 17.3 Å². The van der Waals surface area contributed by atoms with Gasteiger partial charge in [0.05, 0.1) is 18.8 Å². The summed E-state index contributed by atoms with van der Waals surface area (Å²) in [5, 5.41) is 0. The fourth-order valence-corrected chi connectivity index (χ4v) is 5.74. The van der Waals surface area contributed by atoms with E-state index in [1.54, 1.807) is 0 Å². The Morgan fingerprint density at radius 3 is 2.66 bits per heavy atom. The molecule has 0 aromatic heterocycles. The summed E-state index contributed by atoms with van der Waals surface area (Å²) in [6.07, 6.45) is 9.05. The third-order valence-corrected chi connectivity index (χ3v) is 7.62. The number of hydrogen-bond acceptors (Lipinski definition) is 5. The van der Waals surface area contributed by atoms with Crippen LogP contribution in [0.15, 0.2) is 42.0 Å². The second-order valence-corrected chi connectivity index (χ2v) is 10.2. The third-order valence-electron chi connectivity index (χ3n) is 7.62. The molecule has 1 fully saturated rings. The Hall–Kier alpha value is -2.14. The number of benzene rings is 1. The standard InChI is InChI=1S/C27H38O5/c1-26(2,32-17-21-8-5-4-6-9-21)14-7-10-22(18-30-19-28)25-12-11-23-16-24(31-20-29)13-15-27(23,25)3/h4-6,8-9,16,19-20,22,24-25H,7,10-15,17-18H2,1-3H3/t22-,24-,25+,27-/m0/s1. The molecule has 0 spiro atoms. The largest absolute Gasteiger partial charge is 0.468 e. The Morgan fingerprint density at radius 1 is 1.16 bits per heavy atom. The van der Waals surface area contributed by atoms with E-state index in [0.29, 0.717) is 38.0 Å². The lowest BCUT2D eigenvalue weighted by molar-refractivity contribution is -0.132. The summed E-state index contributed by atoms with van der Waals surface area (Å²) in [6.45, 7) is 8.86. The maximum absolute atomic E-state index is 11.0. The van der Waals surface area contributed by atoms with Gasteiger partial charge in [0, 0.05) is 0 Å². The molecule has 4 atom stereocenters. The van der Waals surface area contributed by atoms with Crippen molar-refractivity contribution in [1.29, 1.82) is 0 Å². The zero-order chi connectivity index (χ0) is 23.0. The normalized spacial score (nSPS) is 26.0. The van der Waals surface area contributed by atoms with Crippen LogP contribution >= 0.6 is 0 Å². The Labute approximate surface area is 192 Å². The number of carbonyl (C=O) groups is 2. The first-order valence-corrected chi connectivity index (χ1v) is 11.9. The summed E-state index contributed by atoms with van der Waals surface area (Å²) in [6, 6.07) is 10.3. The van der Waals surface area contributed by atoms with Crippen molar-refractivity contribution in [3.05, 3.63) is 47.5 Å². The summed E-state index contributed by atoms with van der Waals surface area (Å²) >= 11 is 0. The van der Waals surface area contributed by atoms with Gasteiger partial charge in [0.1, 0.15) is 6.10 Å². The average molecular weight is 443 g/mol. The number of fused-ring (bicyclic) bond motifs is 1. The number of rotatable bonds is 13. The van der Waals surface area contributed by atoms with Crippen molar-refractivity contribution in [3.63, 3.8) is 0 Å². The van der Waals surface area contributed by atoms with E-state index in [1.165, 1.54) is 11.1 Å². The number of allylic oxidation sites excluding steroid dienone is 1. The highest BCUT2D eigenvalue weighted by molar-refractivity contribution is 5.39. The van der Waals surface area contributed by atoms with Crippen molar-refractivity contribution in [3.8, 4) is 0 Å². The third kappa shape index (κ3) is 6.22. The van der Waals surface area contributed by atoms with E-state index in [1.807, 2.05) is 18.2 Å². The Kier molecular flexibility index (Phi) is 8.52. The summed E-state index contributed by atoms with van der Waals surface area (Å²) in [5.74, 6) is 0.795. The molecule has 176 valence electrons. The first-order valence-electron chi connectivity index (χ1n) is 11.9. The van der Waals surface area contributed by atoms with E-state index < -0.39 is 0 Å². The highest BCUT2D eigenvalue weighted by Gasteiger charge is 2.48. The molecule has 3 rings (SSSR count). The van der Waals surface area contributed by atoms with Gasteiger partial charge in [-0.2, -0.15) is 0 Å². The summed E-state index contributed by atoms with van der Waals surface area (Å²) in [5.41, 5.74) is 2.48. The van der Waals surface area contributed by atoms with Crippen molar-refractivity contribution in [1.82, 2.24) is 0 Å². The average Bonchev–Trinajstić information content (AvgIpc) is 3.12. The lowest BCUT2D eigenvalue weighted by Crippen LogP contribution is -2.36. The summed E-state index contributed by atoms with van der Waals surface area (Å²) in [4.78, 5) is 21.7. The molecular weight excluding hydrogens is 404 g/mol. The molecule has 32 heavy (non-hydrogen) atoms. The van der Waals surface area contributed by atoms with Crippen LogP contribution in [0.25, 0.3) is 0 Å². The first kappa shape index (κ1) is 24.5. The predicted molar refractivity (Wildman–Crippen MR) is 124 cm³/mol. The minimum Gasteiger partial charge on any atom is -0.468 e. The fourth-order valence-electron chi connectivity index (χ4n) is 5.74. The molecule has 0 saturated heterocycles. The lowest BCUT2D eigenvalue weighted by atomic mass is 9.65. The smallest absolute Gasteiger partial charge is 0.293 e. The monoisotopic (exact) mass is 442 g/mol. The van der Waals surface area contributed by atoms with Crippen molar-refractivity contribution in [2.45, 2.75) is 84.0 Å². The van der Waals surface area contributed by atoms with E-state index in [9.17, 15) is 9.59 Å². The van der Waals surface area contributed by atoms with Crippen LogP contribution < -0.4 is 0 Å². The lowest BCUT2D eigenvalue weighted by Gasteiger charge is -2.41. The molecule has 1 saturated carbocycles. The molecule has 5 nitrogen and oxygen atoms in total. The van der Waals surface area contributed by atoms with Gasteiger partial charge in [-0.05, 0) is 81.3 Å². The molecule has 0 aliphatic heterocycles. The second kappa shape index (κ2) is 11.1. The number of carbonyl (C=O) groups excluding carboxylic acids is 2. The van der Waals surface area contributed by atoms with E-state index in [4.69, 9.17) is 14.2 Å². The zero-order valence-corrected chi connectivity index (χ0v) is 19.8. The molecule has 2 aliphatic carbocycles. The van der Waals surface area contributed by atoms with Crippen LogP contribution in [0.3, 0.4) is 0 Å². The Bertz CT molecular complexity index is 772. The van der Waals surface area contributed by atoms with E-state index in [2.05, 4.69) is 39.0 Å². The van der Waals surface area contributed by atoms with Crippen LogP contribution in [-0.2, 0) is 30.4 Å². The topological polar surface area (TPSA) is 61.8 Å². The Morgan fingerprint density at radius 2 is 1.94 bits per heavy atom. The van der Waals surface area contributed by atoms with Crippen molar-refractivity contribution >= 4 is 12.9 Å². The molecule has 0 N–H and O–H groups in total. The SMILES string of the molecule is CC(C)(CCC[C@@H](COC=O)[C@H]1CCC2=C[C@@H](OC=O)CC[C@@]21C)OCc1ccccc1. The van der Waals surface area contributed by atoms with Gasteiger partial charge < -0.3 is 14.2 Å². The molecule has 0 radical (unpaired) electrons. The molecule has 0 amide bonds. The van der Waals surface area contributed by atoms with E-state index in [0.717, 1.165) is 44.9 Å². The number of hydrogen-bond donors (Lipinski definition) is 0. The van der Waals surface area contributed by atoms with Gasteiger partial charge in [0.25, 0.3) is 12.9 Å². The van der Waals surface area contributed by atoms with Crippen LogP contribution in [0.1, 0.15) is 71.3 Å². The van der Waals surface area contributed by atoms with Gasteiger partial charge in [-0.25, -0.2) is 0 Å². The van der Waals surface area contributed by atoms with Crippen LogP contribution in [0.5, 0.6) is 0 Å². The van der Waals surface area contributed by atoms with Crippen LogP contribution in [0.4, 0.5) is 0 Å². The van der Waals surface area contributed by atoms with Gasteiger partial charge >= 0.3 is 0 Å². The van der Waals surface area contributed by atoms with E-state index >= 15 is 0 Å². The Balaban J connectivity index is 1.57. The molecule has 1 aromatic rings. The minimum absolute atomic E-state index is 0.0958. The first-order chi connectivity index (χ1) is 15.4. The quantitative estimate of drug-likeness (QED) is 0.293. The van der Waals surface area contributed by atoms with Gasteiger partial charge in [-0.1, -0.05) is 49.2 Å². The maximum atomic E-state index is 11.0. The summed E-state index contributed by atoms with van der Waals surface area (Å²) in [7, 11) is 0. The van der Waals surface area contributed by atoms with Crippen LogP contribution in [-0.4, -0.2) is 31.3 Å². The number of ether oxygens (including phenoxy) is 3. The van der Waals surface area contributed by atoms with Crippen molar-refractivity contribution < 1.29 is 23.8 Å². The molecular formula is C27H38O5. The van der Waals surface area contributed by atoms with Gasteiger partial charge in [-0.15, -0.1) is 0 Å². The highest BCUT2D eigenvalue weighted by atomic mass is 16.5. The van der Waals surface area contributed by atoms with E-state index in [-0.39, 0.29) is 17.1 Å². The molecule has 0 unspecified atom stereocenters. The van der Waals surface area contributed by atoms with Gasteiger partial charge in [-0.3, -0.25) is 9.59 Å². The summed E-state index contributed by atoms with van der Waals surface area (Å²) < 4.78 is 16.7. The van der Waals surface area contributed by atoms with Crippen molar-refractivity contribution in [2.75, 3.05) is 6.61 Å². The maximum Gasteiger partial charge on any atom is 0.293 e. The molecule has 0 bridgehead atoms. The van der Waals surface area contributed by atoms with Crippen LogP contribution in [0.2, 0.25) is 0 Å². The molecule has 2 aliphatic rings. The minimum atomic E-state index is -0.208. The molecule has 5 heteroatoms. The molecule has 0 heterocycles.